The van der Waals surface area contributed by atoms with Crippen LogP contribution in [0.2, 0.25) is 10.0 Å². The number of halogens is 3. The van der Waals surface area contributed by atoms with Gasteiger partial charge in [0.25, 0.3) is 0 Å². The summed E-state index contributed by atoms with van der Waals surface area (Å²) in [5.74, 6) is -0.201. The molecule has 2 aromatic rings. The number of allylic oxidation sites excluding steroid dienone is 1. The number of aromatic nitrogens is 2. The fraction of sp³-hybridized carbons (Fsp3) is 0.176. The Bertz CT molecular complexity index is 803. The van der Waals surface area contributed by atoms with Gasteiger partial charge in [-0.15, -0.1) is 0 Å². The van der Waals surface area contributed by atoms with Crippen LogP contribution in [0.4, 0.5) is 4.39 Å². The number of H-pyrrole nitrogens is 1. The van der Waals surface area contributed by atoms with Crippen LogP contribution in [0, 0.1) is 5.82 Å². The fourth-order valence-corrected chi connectivity index (χ4v) is 2.76. The Morgan fingerprint density at radius 1 is 1.52 bits per heavy atom. The summed E-state index contributed by atoms with van der Waals surface area (Å²) in [6, 6.07) is 2.61. The first kappa shape index (κ1) is 19.0. The number of benzene rings is 1. The van der Waals surface area contributed by atoms with Crippen LogP contribution in [0.25, 0.3) is 0 Å². The molecule has 1 atom stereocenters. The number of aromatic amines is 1. The van der Waals surface area contributed by atoms with E-state index in [9.17, 15) is 4.39 Å². The monoisotopic (exact) mass is 382 g/mol. The summed E-state index contributed by atoms with van der Waals surface area (Å²) in [4.78, 5) is 4.13. The number of hydrogen-bond donors (Lipinski definition) is 2. The molecule has 3 N–H and O–H groups in total. The quantitative estimate of drug-likeness (QED) is 0.319. The summed E-state index contributed by atoms with van der Waals surface area (Å²) in [5.41, 5.74) is 7.22. The van der Waals surface area contributed by atoms with E-state index in [-0.39, 0.29) is 16.6 Å². The maximum absolute atomic E-state index is 13.7. The van der Waals surface area contributed by atoms with Gasteiger partial charge in [0.15, 0.2) is 11.6 Å². The number of ether oxygens (including phenoxy) is 1. The zero-order valence-corrected chi connectivity index (χ0v) is 15.0. The largest absolute Gasteiger partial charge is 0.482 e. The van der Waals surface area contributed by atoms with Crippen LogP contribution in [0.1, 0.15) is 24.2 Å². The molecular weight excluding hydrogens is 366 g/mol. The van der Waals surface area contributed by atoms with Crippen molar-refractivity contribution < 1.29 is 9.13 Å². The van der Waals surface area contributed by atoms with Gasteiger partial charge in [-0.05, 0) is 30.7 Å². The second-order valence-corrected chi connectivity index (χ2v) is 5.88. The number of rotatable bonds is 7. The van der Waals surface area contributed by atoms with Crippen LogP contribution < -0.4 is 5.73 Å². The summed E-state index contributed by atoms with van der Waals surface area (Å²) in [6.45, 7) is 5.34. The molecule has 5 nitrogen and oxygen atoms in total. The van der Waals surface area contributed by atoms with Crippen LogP contribution in [0.3, 0.4) is 0 Å². The van der Waals surface area contributed by atoms with Gasteiger partial charge in [-0.25, -0.2) is 9.38 Å². The number of nitrogens with two attached hydrogens (primary N) is 1. The van der Waals surface area contributed by atoms with Crippen molar-refractivity contribution >= 4 is 29.4 Å². The molecule has 0 saturated carbocycles. The highest BCUT2D eigenvalue weighted by atomic mass is 35.5. The van der Waals surface area contributed by atoms with E-state index in [1.165, 1.54) is 18.2 Å². The van der Waals surface area contributed by atoms with Crippen molar-refractivity contribution in [1.29, 1.82) is 0 Å². The van der Waals surface area contributed by atoms with Crippen LogP contribution in [-0.2, 0) is 11.2 Å². The van der Waals surface area contributed by atoms with Crippen molar-refractivity contribution in [3.8, 4) is 0 Å². The highest BCUT2D eigenvalue weighted by Crippen LogP contribution is 2.35. The van der Waals surface area contributed by atoms with E-state index in [1.54, 1.807) is 25.5 Å². The highest BCUT2D eigenvalue weighted by molar-refractivity contribution is 6.36. The molecule has 1 unspecified atom stereocenters. The van der Waals surface area contributed by atoms with Crippen molar-refractivity contribution in [2.75, 3.05) is 0 Å². The predicted molar refractivity (Wildman–Crippen MR) is 98.1 cm³/mol. The van der Waals surface area contributed by atoms with Gasteiger partial charge in [-0.3, -0.25) is 5.10 Å². The molecule has 0 saturated heterocycles. The molecule has 0 aliphatic carbocycles. The third-order valence-electron chi connectivity index (χ3n) is 3.34. The van der Waals surface area contributed by atoms with Crippen LogP contribution >= 0.6 is 23.2 Å². The van der Waals surface area contributed by atoms with Gasteiger partial charge in [0, 0.05) is 29.4 Å². The van der Waals surface area contributed by atoms with Gasteiger partial charge in [0.2, 0.25) is 0 Å². The van der Waals surface area contributed by atoms with Gasteiger partial charge in [-0.1, -0.05) is 29.8 Å². The predicted octanol–water partition coefficient (Wildman–Crippen LogP) is 4.56. The molecule has 0 aliphatic heterocycles. The third-order valence-corrected chi connectivity index (χ3v) is 4.05. The van der Waals surface area contributed by atoms with E-state index < -0.39 is 11.9 Å². The summed E-state index contributed by atoms with van der Waals surface area (Å²) in [7, 11) is 0. The minimum atomic E-state index is -0.647. The van der Waals surface area contributed by atoms with E-state index in [1.807, 2.05) is 0 Å². The van der Waals surface area contributed by atoms with Crippen molar-refractivity contribution in [3.05, 3.63) is 75.8 Å². The van der Waals surface area contributed by atoms with Gasteiger partial charge in [-0.2, -0.15) is 5.10 Å². The Hall–Kier alpha value is -2.31. The molecule has 0 aliphatic rings. The van der Waals surface area contributed by atoms with Crippen LogP contribution in [-0.4, -0.2) is 16.4 Å². The summed E-state index contributed by atoms with van der Waals surface area (Å²) in [5, 5.41) is 6.75. The molecule has 1 aromatic heterocycles. The maximum Gasteiger partial charge on any atom is 0.165 e. The number of nitrogens with one attached hydrogen (secondary N) is 1. The number of aliphatic imine (C=N–C) groups is 1. The highest BCUT2D eigenvalue weighted by Gasteiger charge is 2.19. The Labute approximate surface area is 155 Å². The molecule has 2 rings (SSSR count). The molecular formula is C17H17Cl2FN4O. The summed E-state index contributed by atoms with van der Waals surface area (Å²) in [6.07, 6.45) is 6.40. The summed E-state index contributed by atoms with van der Waals surface area (Å²) >= 11 is 12.1. The lowest BCUT2D eigenvalue weighted by molar-refractivity contribution is 0.140. The van der Waals surface area contributed by atoms with Gasteiger partial charge in [0.1, 0.15) is 11.9 Å². The minimum absolute atomic E-state index is 0.0922. The van der Waals surface area contributed by atoms with Crippen molar-refractivity contribution in [3.63, 3.8) is 0 Å². The zero-order chi connectivity index (χ0) is 18.4. The van der Waals surface area contributed by atoms with Crippen LogP contribution in [0.5, 0.6) is 0 Å². The second kappa shape index (κ2) is 8.69. The molecule has 0 amide bonds. The van der Waals surface area contributed by atoms with Gasteiger partial charge in [0.05, 0.1) is 11.2 Å². The number of hydrogen-bond acceptors (Lipinski definition) is 4. The van der Waals surface area contributed by atoms with E-state index in [0.29, 0.717) is 17.0 Å². The first-order chi connectivity index (χ1) is 11.9. The standard InChI is InChI=1S/C17H17Cl2FN4O/c1-3-14(17(21)22-7-6-11-8-23-24-9-11)25-10(2)15-12(18)4-5-13(20)16(15)19/h3-5,7-10H,1,6,21H2,2H3,(H,23,24)/b17-14+,22-7?. The lowest BCUT2D eigenvalue weighted by Crippen LogP contribution is -2.07. The lowest BCUT2D eigenvalue weighted by atomic mass is 10.1. The average molecular weight is 383 g/mol. The maximum atomic E-state index is 13.7. The molecule has 0 radical (unpaired) electrons. The van der Waals surface area contributed by atoms with Crippen molar-refractivity contribution in [2.24, 2.45) is 10.7 Å². The zero-order valence-electron chi connectivity index (χ0n) is 13.5. The molecule has 0 fully saturated rings. The molecule has 132 valence electrons. The topological polar surface area (TPSA) is 76.3 Å². The van der Waals surface area contributed by atoms with Crippen LogP contribution in [0.15, 0.2) is 53.8 Å². The Kier molecular flexibility index (Phi) is 6.61. The van der Waals surface area contributed by atoms with E-state index in [4.69, 9.17) is 33.7 Å². The van der Waals surface area contributed by atoms with E-state index >= 15 is 0 Å². The smallest absolute Gasteiger partial charge is 0.165 e. The number of nitrogens with zero attached hydrogens (tertiary/aromatic N) is 2. The molecule has 1 aromatic carbocycles. The Morgan fingerprint density at radius 2 is 2.28 bits per heavy atom. The van der Waals surface area contributed by atoms with Crippen molar-refractivity contribution in [1.82, 2.24) is 10.2 Å². The molecule has 8 heteroatoms. The fourth-order valence-electron chi connectivity index (χ4n) is 2.08. The molecule has 0 spiro atoms. The summed E-state index contributed by atoms with van der Waals surface area (Å²) < 4.78 is 19.4. The van der Waals surface area contributed by atoms with E-state index in [2.05, 4.69) is 21.8 Å². The van der Waals surface area contributed by atoms with Crippen molar-refractivity contribution in [2.45, 2.75) is 19.4 Å². The normalized spacial score (nSPS) is 13.6. The molecule has 0 bridgehead atoms. The first-order valence-electron chi connectivity index (χ1n) is 7.36. The van der Waals surface area contributed by atoms with Gasteiger partial charge < -0.3 is 10.5 Å². The molecule has 1 heterocycles. The molecule has 25 heavy (non-hydrogen) atoms. The lowest BCUT2D eigenvalue weighted by Gasteiger charge is -2.19. The third kappa shape index (κ3) is 4.84. The Morgan fingerprint density at radius 3 is 2.92 bits per heavy atom. The minimum Gasteiger partial charge on any atom is -0.482 e. The first-order valence-corrected chi connectivity index (χ1v) is 8.12. The Balaban J connectivity index is 2.16. The van der Waals surface area contributed by atoms with E-state index in [0.717, 1.165) is 5.56 Å². The van der Waals surface area contributed by atoms with Gasteiger partial charge >= 0.3 is 0 Å². The average Bonchev–Trinajstić information content (AvgIpc) is 3.09. The second-order valence-electron chi connectivity index (χ2n) is 5.09. The SMILES string of the molecule is C=C/C(OC(C)c1c(Cl)ccc(F)c1Cl)=C(/N)N=CCc1cn[nH]c1.